The van der Waals surface area contributed by atoms with Crippen molar-refractivity contribution in [2.45, 2.75) is 41.5 Å². The van der Waals surface area contributed by atoms with Gasteiger partial charge in [0, 0.05) is 12.2 Å². The second-order valence-electron chi connectivity index (χ2n) is 9.72. The van der Waals surface area contributed by atoms with Crippen molar-refractivity contribution in [3.05, 3.63) is 77.6 Å². The number of carbonyl (C=O) groups is 1. The van der Waals surface area contributed by atoms with Crippen molar-refractivity contribution in [3.8, 4) is 5.75 Å². The van der Waals surface area contributed by atoms with Crippen LogP contribution in [0.2, 0.25) is 5.02 Å². The predicted molar refractivity (Wildman–Crippen MR) is 149 cm³/mol. The number of amides is 1. The van der Waals surface area contributed by atoms with Gasteiger partial charge in [0.05, 0.1) is 27.0 Å². The quantitative estimate of drug-likeness (QED) is 0.312. The van der Waals surface area contributed by atoms with Crippen molar-refractivity contribution in [2.75, 3.05) is 22.7 Å². The number of rotatable bonds is 8. The molecule has 10 nitrogen and oxygen atoms in total. The minimum atomic E-state index is -4.87. The van der Waals surface area contributed by atoms with Crippen molar-refractivity contribution >= 4 is 49.1 Å². The first-order chi connectivity index (χ1) is 19.9. The molecule has 0 saturated carbocycles. The second kappa shape index (κ2) is 11.8. The summed E-state index contributed by atoms with van der Waals surface area (Å²) in [6, 6.07) is 13.7. The maximum atomic E-state index is 13.8. The van der Waals surface area contributed by atoms with E-state index < -0.39 is 66.3 Å². The monoisotopic (exact) mass is 665 g/mol. The highest BCUT2D eigenvalue weighted by Crippen LogP contribution is 2.40. The molecule has 43 heavy (non-hydrogen) atoms. The maximum Gasteiger partial charge on any atom is 0.427 e. The SMILES string of the molecule is CC(C)(OC(=O)Nc1ccc2c(c1)N(S(=O)(=O)c1ccc(F)c(Cl)c1)CC(CNS(=O)(=O)c1ccccc1)O2)C(F)(F)F. The average Bonchev–Trinajstić information content (AvgIpc) is 2.92. The number of fused-ring (bicyclic) bond motifs is 1. The van der Waals surface area contributed by atoms with E-state index in [4.69, 9.17) is 16.3 Å². The number of halogens is 5. The Hall–Kier alpha value is -3.60. The van der Waals surface area contributed by atoms with E-state index in [0.717, 1.165) is 28.6 Å². The minimum absolute atomic E-state index is 0.0343. The number of sulfonamides is 2. The predicted octanol–water partition coefficient (Wildman–Crippen LogP) is 5.30. The molecule has 0 radical (unpaired) electrons. The Morgan fingerprint density at radius 2 is 1.70 bits per heavy atom. The third-order valence-corrected chi connectivity index (χ3v) is 9.71. The molecule has 0 spiro atoms. The molecule has 0 fully saturated rings. The Bertz CT molecular complexity index is 1740. The number of benzene rings is 3. The summed E-state index contributed by atoms with van der Waals surface area (Å²) in [4.78, 5) is 11.8. The first kappa shape index (κ1) is 32.3. The molecule has 1 atom stereocenters. The minimum Gasteiger partial charge on any atom is -0.485 e. The normalized spacial score (nSPS) is 15.8. The number of carbonyl (C=O) groups excluding carboxylic acids is 1. The molecule has 1 amide bonds. The zero-order valence-electron chi connectivity index (χ0n) is 22.4. The number of nitrogens with zero attached hydrogens (tertiary/aromatic N) is 1. The van der Waals surface area contributed by atoms with Crippen molar-refractivity contribution in [1.29, 1.82) is 0 Å². The summed E-state index contributed by atoms with van der Waals surface area (Å²) in [5.74, 6) is -0.940. The number of alkyl halides is 3. The molecule has 0 saturated heterocycles. The Morgan fingerprint density at radius 3 is 2.33 bits per heavy atom. The van der Waals surface area contributed by atoms with E-state index in [9.17, 15) is 39.2 Å². The van der Waals surface area contributed by atoms with E-state index >= 15 is 0 Å². The molecular formula is C26H24ClF4N3O7S2. The van der Waals surface area contributed by atoms with E-state index in [1.54, 1.807) is 6.07 Å². The van der Waals surface area contributed by atoms with Crippen LogP contribution >= 0.6 is 11.6 Å². The number of anilines is 2. The molecule has 1 heterocycles. The number of hydrogen-bond acceptors (Lipinski definition) is 7. The lowest BCUT2D eigenvalue weighted by Gasteiger charge is -2.36. The summed E-state index contributed by atoms with van der Waals surface area (Å²) >= 11 is 5.81. The first-order valence-electron chi connectivity index (χ1n) is 12.3. The lowest BCUT2D eigenvalue weighted by Crippen LogP contribution is -2.48. The van der Waals surface area contributed by atoms with E-state index in [-0.39, 0.29) is 28.6 Å². The Balaban J connectivity index is 1.66. The molecule has 3 aromatic carbocycles. The van der Waals surface area contributed by atoms with Crippen molar-refractivity contribution < 1.29 is 48.7 Å². The van der Waals surface area contributed by atoms with Gasteiger partial charge in [-0.3, -0.25) is 9.62 Å². The molecule has 232 valence electrons. The number of ether oxygens (including phenoxy) is 2. The lowest BCUT2D eigenvalue weighted by molar-refractivity contribution is -0.242. The third-order valence-electron chi connectivity index (χ3n) is 6.20. The number of hydrogen-bond donors (Lipinski definition) is 2. The zero-order chi connectivity index (χ0) is 31.8. The van der Waals surface area contributed by atoms with E-state index in [1.165, 1.54) is 36.4 Å². The molecule has 2 N–H and O–H groups in total. The summed E-state index contributed by atoms with van der Waals surface area (Å²) < 4.78 is 120. The molecule has 0 aliphatic carbocycles. The van der Waals surface area contributed by atoms with Gasteiger partial charge in [-0.1, -0.05) is 29.8 Å². The zero-order valence-corrected chi connectivity index (χ0v) is 24.7. The van der Waals surface area contributed by atoms with Crippen LogP contribution in [0.5, 0.6) is 5.75 Å². The summed E-state index contributed by atoms with van der Waals surface area (Å²) in [5, 5.41) is 1.64. The van der Waals surface area contributed by atoms with Crippen LogP contribution in [0.1, 0.15) is 13.8 Å². The van der Waals surface area contributed by atoms with Gasteiger partial charge >= 0.3 is 12.3 Å². The van der Waals surface area contributed by atoms with Crippen LogP contribution < -0.4 is 19.1 Å². The Labute approximate surface area is 249 Å². The highest BCUT2D eigenvalue weighted by Gasteiger charge is 2.51. The van der Waals surface area contributed by atoms with Gasteiger partial charge < -0.3 is 9.47 Å². The average molecular weight is 666 g/mol. The molecule has 0 bridgehead atoms. The van der Waals surface area contributed by atoms with Gasteiger partial charge in [0.25, 0.3) is 10.0 Å². The molecule has 1 aliphatic heterocycles. The van der Waals surface area contributed by atoms with Crippen LogP contribution in [-0.4, -0.2) is 53.9 Å². The Kier molecular flexibility index (Phi) is 8.89. The standard InChI is InChI=1S/C26H24ClF4N3O7S2/c1-25(2,26(29,30)31)41-24(35)33-16-8-11-23-22(12-16)34(43(38,39)19-9-10-21(28)20(27)13-19)15-17(40-23)14-32-42(36,37)18-6-4-3-5-7-18/h3-13,17,32H,14-15H2,1-2H3,(H,33,35). The second-order valence-corrected chi connectivity index (χ2v) is 13.8. The first-order valence-corrected chi connectivity index (χ1v) is 15.6. The van der Waals surface area contributed by atoms with E-state index in [0.29, 0.717) is 13.8 Å². The third kappa shape index (κ3) is 7.14. The molecule has 4 rings (SSSR count). The van der Waals surface area contributed by atoms with Gasteiger partial charge in [-0.25, -0.2) is 30.7 Å². The van der Waals surface area contributed by atoms with E-state index in [1.807, 2.05) is 0 Å². The summed E-state index contributed by atoms with van der Waals surface area (Å²) in [7, 11) is -8.51. The fraction of sp³-hybridized carbons (Fsp3) is 0.269. The van der Waals surface area contributed by atoms with Gasteiger partial charge in [0.2, 0.25) is 15.6 Å². The molecule has 0 aromatic heterocycles. The van der Waals surface area contributed by atoms with Crippen LogP contribution in [-0.2, 0) is 24.8 Å². The van der Waals surface area contributed by atoms with Crippen LogP contribution in [0.15, 0.2) is 76.5 Å². The summed E-state index contributed by atoms with van der Waals surface area (Å²) in [6.45, 7) is 0.478. The van der Waals surface area contributed by atoms with Crippen LogP contribution in [0, 0.1) is 5.82 Å². The van der Waals surface area contributed by atoms with Crippen molar-refractivity contribution in [1.82, 2.24) is 4.72 Å². The van der Waals surface area contributed by atoms with Gasteiger partial charge in [-0.05, 0) is 62.4 Å². The van der Waals surface area contributed by atoms with Gasteiger partial charge in [-0.15, -0.1) is 0 Å². The summed E-state index contributed by atoms with van der Waals surface area (Å²) in [6.07, 6.45) is -7.41. The largest absolute Gasteiger partial charge is 0.485 e. The van der Waals surface area contributed by atoms with Gasteiger partial charge in [0.1, 0.15) is 17.7 Å². The molecule has 3 aromatic rings. The van der Waals surface area contributed by atoms with Crippen LogP contribution in [0.3, 0.4) is 0 Å². The topological polar surface area (TPSA) is 131 Å². The number of nitrogens with one attached hydrogen (secondary N) is 2. The van der Waals surface area contributed by atoms with Gasteiger partial charge in [0.15, 0.2) is 0 Å². The van der Waals surface area contributed by atoms with E-state index in [2.05, 4.69) is 14.8 Å². The smallest absolute Gasteiger partial charge is 0.427 e. The fourth-order valence-electron chi connectivity index (χ4n) is 3.81. The van der Waals surface area contributed by atoms with Crippen molar-refractivity contribution in [2.24, 2.45) is 0 Å². The summed E-state index contributed by atoms with van der Waals surface area (Å²) in [5.41, 5.74) is -3.13. The lowest BCUT2D eigenvalue weighted by atomic mass is 10.1. The van der Waals surface area contributed by atoms with Crippen LogP contribution in [0.25, 0.3) is 0 Å². The molecular weight excluding hydrogens is 642 g/mol. The maximum absolute atomic E-state index is 13.8. The highest BCUT2D eigenvalue weighted by molar-refractivity contribution is 7.92. The van der Waals surface area contributed by atoms with Gasteiger partial charge in [-0.2, -0.15) is 13.2 Å². The molecule has 1 unspecified atom stereocenters. The fourth-order valence-corrected chi connectivity index (χ4v) is 6.66. The Morgan fingerprint density at radius 1 is 1.02 bits per heavy atom. The van der Waals surface area contributed by atoms with Crippen molar-refractivity contribution in [3.63, 3.8) is 0 Å². The molecule has 1 aliphatic rings. The van der Waals surface area contributed by atoms with Crippen LogP contribution in [0.4, 0.5) is 33.7 Å². The highest BCUT2D eigenvalue weighted by atomic mass is 35.5. The molecule has 17 heteroatoms.